The van der Waals surface area contributed by atoms with E-state index in [9.17, 15) is 4.79 Å². The van der Waals surface area contributed by atoms with Crippen LogP contribution in [0.2, 0.25) is 0 Å². The van der Waals surface area contributed by atoms with Crippen molar-refractivity contribution in [3.05, 3.63) is 78.4 Å². The van der Waals surface area contributed by atoms with Crippen molar-refractivity contribution >= 4 is 23.3 Å². The maximum absolute atomic E-state index is 12.4. The summed E-state index contributed by atoms with van der Waals surface area (Å²) in [5.41, 5.74) is 2.83. The van der Waals surface area contributed by atoms with Crippen LogP contribution in [0.1, 0.15) is 37.3 Å². The highest BCUT2D eigenvalue weighted by Crippen LogP contribution is 2.39. The number of rotatable bonds is 8. The molecule has 0 unspecified atom stereocenters. The number of nitrogens with one attached hydrogen (secondary N) is 1. The number of pyridine rings is 1. The summed E-state index contributed by atoms with van der Waals surface area (Å²) in [6.07, 6.45) is 3.76. The summed E-state index contributed by atoms with van der Waals surface area (Å²) < 4.78 is 12.9. The summed E-state index contributed by atoms with van der Waals surface area (Å²) in [5, 5.41) is 3.86. The minimum Gasteiger partial charge on any atom is -0.494 e. The molecule has 1 aliphatic rings. The molecule has 32 heavy (non-hydrogen) atoms. The van der Waals surface area contributed by atoms with E-state index in [2.05, 4.69) is 14.9 Å². The standard InChI is InChI=1S/C24H26N4O3S/c1-3-30-18-12-10-17(11-13-18)27-15-7-9-20(27)23-22(19-8-5-6-14-25-19)26-24(32)28(23)16-21(29)31-4-2/h5-15,22-23H,3-4,16H2,1-2H3,(H,26,32)/t22-,23+/m1/s1. The lowest BCUT2D eigenvalue weighted by molar-refractivity contribution is -0.143. The van der Waals surface area contributed by atoms with Gasteiger partial charge in [0.25, 0.3) is 0 Å². The predicted octanol–water partition coefficient (Wildman–Crippen LogP) is 3.81. The normalized spacial score (nSPS) is 17.8. The van der Waals surface area contributed by atoms with Gasteiger partial charge in [-0.05, 0) is 74.6 Å². The van der Waals surface area contributed by atoms with E-state index in [1.54, 1.807) is 13.1 Å². The molecule has 2 atom stereocenters. The van der Waals surface area contributed by atoms with Crippen LogP contribution < -0.4 is 10.1 Å². The van der Waals surface area contributed by atoms with E-state index >= 15 is 0 Å². The zero-order chi connectivity index (χ0) is 22.5. The van der Waals surface area contributed by atoms with Crippen molar-refractivity contribution in [1.82, 2.24) is 19.8 Å². The van der Waals surface area contributed by atoms with E-state index in [0.717, 1.165) is 22.8 Å². The predicted molar refractivity (Wildman–Crippen MR) is 126 cm³/mol. The van der Waals surface area contributed by atoms with Crippen molar-refractivity contribution in [2.45, 2.75) is 25.9 Å². The molecule has 0 amide bonds. The van der Waals surface area contributed by atoms with Crippen LogP contribution in [-0.4, -0.2) is 45.3 Å². The maximum atomic E-state index is 12.4. The molecule has 0 saturated carbocycles. The Morgan fingerprint density at radius 1 is 1.09 bits per heavy atom. The molecule has 1 N–H and O–H groups in total. The molecule has 8 heteroatoms. The van der Waals surface area contributed by atoms with Gasteiger partial charge in [-0.2, -0.15) is 0 Å². The average Bonchev–Trinajstić information content (AvgIpc) is 3.40. The zero-order valence-electron chi connectivity index (χ0n) is 18.1. The molecule has 0 radical (unpaired) electrons. The first-order valence-electron chi connectivity index (χ1n) is 10.7. The number of esters is 1. The highest BCUT2D eigenvalue weighted by molar-refractivity contribution is 7.80. The van der Waals surface area contributed by atoms with Gasteiger partial charge in [0.2, 0.25) is 0 Å². The van der Waals surface area contributed by atoms with Gasteiger partial charge in [-0.3, -0.25) is 9.78 Å². The molecule has 166 valence electrons. The number of aromatic nitrogens is 2. The lowest BCUT2D eigenvalue weighted by atomic mass is 10.0. The van der Waals surface area contributed by atoms with Crippen molar-refractivity contribution in [2.24, 2.45) is 0 Å². The number of carbonyl (C=O) groups is 1. The van der Waals surface area contributed by atoms with Gasteiger partial charge >= 0.3 is 5.97 Å². The van der Waals surface area contributed by atoms with Crippen LogP contribution in [0, 0.1) is 0 Å². The summed E-state index contributed by atoms with van der Waals surface area (Å²) in [5.74, 6) is 0.506. The van der Waals surface area contributed by atoms with Gasteiger partial charge < -0.3 is 24.3 Å². The maximum Gasteiger partial charge on any atom is 0.325 e. The Balaban J connectivity index is 1.74. The van der Waals surface area contributed by atoms with Crippen molar-refractivity contribution in [3.63, 3.8) is 0 Å². The fraction of sp³-hybridized carbons (Fsp3) is 0.292. The van der Waals surface area contributed by atoms with Gasteiger partial charge in [-0.15, -0.1) is 0 Å². The van der Waals surface area contributed by atoms with Crippen LogP contribution >= 0.6 is 12.2 Å². The van der Waals surface area contributed by atoms with E-state index in [-0.39, 0.29) is 24.6 Å². The monoisotopic (exact) mass is 450 g/mol. The average molecular weight is 451 g/mol. The van der Waals surface area contributed by atoms with Crippen LogP contribution in [0.4, 0.5) is 0 Å². The molecule has 1 aromatic carbocycles. The lowest BCUT2D eigenvalue weighted by Gasteiger charge is -2.28. The summed E-state index contributed by atoms with van der Waals surface area (Å²) in [4.78, 5) is 18.8. The molecule has 0 aliphatic carbocycles. The SMILES string of the molecule is CCOC(=O)CN1C(=S)N[C@H](c2ccccn2)[C@@H]1c1cccn1-c1ccc(OCC)cc1. The van der Waals surface area contributed by atoms with Gasteiger partial charge in [0.1, 0.15) is 12.3 Å². The highest BCUT2D eigenvalue weighted by Gasteiger charge is 2.42. The van der Waals surface area contributed by atoms with Crippen molar-refractivity contribution < 1.29 is 14.3 Å². The lowest BCUT2D eigenvalue weighted by Crippen LogP contribution is -2.36. The molecule has 1 fully saturated rings. The number of ether oxygens (including phenoxy) is 2. The van der Waals surface area contributed by atoms with Crippen LogP contribution in [0.5, 0.6) is 5.75 Å². The van der Waals surface area contributed by atoms with E-state index in [0.29, 0.717) is 18.3 Å². The largest absolute Gasteiger partial charge is 0.494 e. The summed E-state index contributed by atoms with van der Waals surface area (Å²) in [6, 6.07) is 17.3. The summed E-state index contributed by atoms with van der Waals surface area (Å²) in [7, 11) is 0. The topological polar surface area (TPSA) is 68.6 Å². The molecule has 1 aliphatic heterocycles. The molecule has 3 aromatic rings. The van der Waals surface area contributed by atoms with Gasteiger partial charge in [0, 0.05) is 23.8 Å². The van der Waals surface area contributed by atoms with E-state index in [1.165, 1.54) is 0 Å². The van der Waals surface area contributed by atoms with E-state index in [4.69, 9.17) is 21.7 Å². The second-order valence-corrected chi connectivity index (χ2v) is 7.68. The third-order valence-corrected chi connectivity index (χ3v) is 5.66. The fourth-order valence-electron chi connectivity index (χ4n) is 3.98. The Hall–Kier alpha value is -3.39. The first kappa shape index (κ1) is 21.8. The minimum absolute atomic E-state index is 0.0577. The molecule has 4 rings (SSSR count). The third-order valence-electron chi connectivity index (χ3n) is 5.31. The Morgan fingerprint density at radius 3 is 2.59 bits per heavy atom. The van der Waals surface area contributed by atoms with Crippen LogP contribution in [0.3, 0.4) is 0 Å². The summed E-state index contributed by atoms with van der Waals surface area (Å²) in [6.45, 7) is 4.76. The number of benzene rings is 1. The van der Waals surface area contributed by atoms with Gasteiger partial charge in [0.05, 0.1) is 31.0 Å². The Labute approximate surface area is 193 Å². The van der Waals surface area contributed by atoms with Gasteiger partial charge in [-0.25, -0.2) is 0 Å². The number of carbonyl (C=O) groups excluding carboxylic acids is 1. The molecule has 0 bridgehead atoms. The van der Waals surface area contributed by atoms with Gasteiger partial charge in [0.15, 0.2) is 5.11 Å². The van der Waals surface area contributed by atoms with E-state index < -0.39 is 0 Å². The first-order chi connectivity index (χ1) is 15.6. The molecule has 7 nitrogen and oxygen atoms in total. The molecule has 3 heterocycles. The van der Waals surface area contributed by atoms with Gasteiger partial charge in [-0.1, -0.05) is 6.07 Å². The number of hydrogen-bond acceptors (Lipinski definition) is 5. The Kier molecular flexibility index (Phi) is 6.70. The number of thiocarbonyl (C=S) groups is 1. The minimum atomic E-state index is -0.317. The molecule has 2 aromatic heterocycles. The molecule has 1 saturated heterocycles. The molecular weight excluding hydrogens is 424 g/mol. The highest BCUT2D eigenvalue weighted by atomic mass is 32.1. The smallest absolute Gasteiger partial charge is 0.325 e. The second kappa shape index (κ2) is 9.82. The quantitative estimate of drug-likeness (QED) is 0.413. The van der Waals surface area contributed by atoms with Crippen molar-refractivity contribution in [3.8, 4) is 11.4 Å². The molecule has 0 spiro atoms. The zero-order valence-corrected chi connectivity index (χ0v) is 18.9. The Bertz CT molecular complexity index is 1070. The van der Waals surface area contributed by atoms with Crippen LogP contribution in [0.25, 0.3) is 5.69 Å². The summed E-state index contributed by atoms with van der Waals surface area (Å²) >= 11 is 5.63. The third kappa shape index (κ3) is 4.45. The number of hydrogen-bond donors (Lipinski definition) is 1. The van der Waals surface area contributed by atoms with Crippen molar-refractivity contribution in [1.29, 1.82) is 0 Å². The number of nitrogens with zero attached hydrogens (tertiary/aromatic N) is 3. The second-order valence-electron chi connectivity index (χ2n) is 7.29. The van der Waals surface area contributed by atoms with Crippen molar-refractivity contribution in [2.75, 3.05) is 19.8 Å². The van der Waals surface area contributed by atoms with E-state index in [1.807, 2.05) is 72.6 Å². The van der Waals surface area contributed by atoms with Crippen LogP contribution in [0.15, 0.2) is 67.0 Å². The fourth-order valence-corrected chi connectivity index (χ4v) is 4.29. The first-order valence-corrected chi connectivity index (χ1v) is 11.1. The Morgan fingerprint density at radius 2 is 1.91 bits per heavy atom. The molecular formula is C24H26N4O3S. The van der Waals surface area contributed by atoms with Crippen LogP contribution in [-0.2, 0) is 9.53 Å².